The van der Waals surface area contributed by atoms with Crippen molar-refractivity contribution in [2.75, 3.05) is 0 Å². The van der Waals surface area contributed by atoms with Crippen molar-refractivity contribution < 1.29 is 8.78 Å². The van der Waals surface area contributed by atoms with Crippen molar-refractivity contribution in [3.8, 4) is 0 Å². The molecule has 3 nitrogen and oxygen atoms in total. The molecule has 2 rings (SSSR count). The molecule has 0 fully saturated rings. The molecule has 0 saturated carbocycles. The van der Waals surface area contributed by atoms with Crippen LogP contribution in [0.15, 0.2) is 30.5 Å². The van der Waals surface area contributed by atoms with Crippen LogP contribution in [0.2, 0.25) is 0 Å². The molecule has 1 aromatic carbocycles. The molecule has 1 unspecified atom stereocenters. The predicted octanol–water partition coefficient (Wildman–Crippen LogP) is 1.75. The maximum atomic E-state index is 13.5. The third-order valence-electron chi connectivity index (χ3n) is 2.47. The number of nitrogens with two attached hydrogens (primary N) is 1. The van der Waals surface area contributed by atoms with E-state index in [4.69, 9.17) is 5.73 Å². The highest BCUT2D eigenvalue weighted by Gasteiger charge is 2.16. The summed E-state index contributed by atoms with van der Waals surface area (Å²) in [6, 6.07) is 4.20. The van der Waals surface area contributed by atoms with Crippen LogP contribution < -0.4 is 5.73 Å². The van der Waals surface area contributed by atoms with Gasteiger partial charge in [0.25, 0.3) is 0 Å². The summed E-state index contributed by atoms with van der Waals surface area (Å²) < 4.78 is 28.0. The van der Waals surface area contributed by atoms with Gasteiger partial charge in [0, 0.05) is 18.8 Å². The Balaban J connectivity index is 2.45. The van der Waals surface area contributed by atoms with Gasteiger partial charge in [0.2, 0.25) is 0 Å². The highest BCUT2D eigenvalue weighted by atomic mass is 19.1. The van der Waals surface area contributed by atoms with Crippen LogP contribution in [0.5, 0.6) is 0 Å². The Labute approximate surface area is 91.5 Å². The lowest BCUT2D eigenvalue weighted by Crippen LogP contribution is -2.17. The van der Waals surface area contributed by atoms with Gasteiger partial charge >= 0.3 is 0 Å². The summed E-state index contributed by atoms with van der Waals surface area (Å²) in [4.78, 5) is 0. The molecule has 16 heavy (non-hydrogen) atoms. The average Bonchev–Trinajstić information content (AvgIpc) is 2.67. The van der Waals surface area contributed by atoms with E-state index in [1.54, 1.807) is 19.3 Å². The monoisotopic (exact) mass is 223 g/mol. The molecule has 0 amide bonds. The number of nitrogens with zero attached hydrogens (tertiary/aromatic N) is 2. The minimum atomic E-state index is -0.719. The number of halogens is 2. The third-order valence-corrected chi connectivity index (χ3v) is 2.47. The number of aryl methyl sites for hydroxylation is 1. The summed E-state index contributed by atoms with van der Waals surface area (Å²) in [5.41, 5.74) is 6.62. The third kappa shape index (κ3) is 1.81. The van der Waals surface area contributed by atoms with Crippen LogP contribution in [0, 0.1) is 11.6 Å². The van der Waals surface area contributed by atoms with Gasteiger partial charge in [0.1, 0.15) is 11.6 Å². The second kappa shape index (κ2) is 4.02. The fourth-order valence-electron chi connectivity index (χ4n) is 1.60. The van der Waals surface area contributed by atoms with E-state index in [2.05, 4.69) is 5.10 Å². The SMILES string of the molecule is Cn1nccc1C(N)c1cc(F)ccc1F. The van der Waals surface area contributed by atoms with E-state index < -0.39 is 17.7 Å². The van der Waals surface area contributed by atoms with E-state index in [1.165, 1.54) is 4.68 Å². The minimum absolute atomic E-state index is 0.128. The van der Waals surface area contributed by atoms with Crippen molar-refractivity contribution in [1.29, 1.82) is 0 Å². The lowest BCUT2D eigenvalue weighted by atomic mass is 10.0. The van der Waals surface area contributed by atoms with Crippen molar-refractivity contribution in [2.24, 2.45) is 12.8 Å². The summed E-state index contributed by atoms with van der Waals surface area (Å²) in [5, 5.41) is 3.94. The van der Waals surface area contributed by atoms with E-state index in [9.17, 15) is 8.78 Å². The standard InChI is InChI=1S/C11H11F2N3/c1-16-10(4-5-15-16)11(14)8-6-7(12)2-3-9(8)13/h2-6,11H,14H2,1H3. The molecule has 1 aromatic heterocycles. The summed E-state index contributed by atoms with van der Waals surface area (Å²) in [6.45, 7) is 0. The first kappa shape index (κ1) is 10.8. The maximum Gasteiger partial charge on any atom is 0.128 e. The van der Waals surface area contributed by atoms with Gasteiger partial charge in [-0.3, -0.25) is 4.68 Å². The lowest BCUT2D eigenvalue weighted by molar-refractivity contribution is 0.567. The van der Waals surface area contributed by atoms with Crippen molar-refractivity contribution in [3.05, 3.63) is 53.4 Å². The first-order chi connectivity index (χ1) is 7.59. The molecular weight excluding hydrogens is 212 g/mol. The van der Waals surface area contributed by atoms with Crippen LogP contribution in [0.4, 0.5) is 8.78 Å². The fraction of sp³-hybridized carbons (Fsp3) is 0.182. The second-order valence-electron chi connectivity index (χ2n) is 3.52. The molecule has 1 atom stereocenters. The van der Waals surface area contributed by atoms with Crippen molar-refractivity contribution in [1.82, 2.24) is 9.78 Å². The summed E-state index contributed by atoms with van der Waals surface area (Å²) in [7, 11) is 1.70. The topological polar surface area (TPSA) is 43.8 Å². The summed E-state index contributed by atoms with van der Waals surface area (Å²) >= 11 is 0. The first-order valence-electron chi connectivity index (χ1n) is 4.78. The summed E-state index contributed by atoms with van der Waals surface area (Å²) in [6.07, 6.45) is 1.56. The number of rotatable bonds is 2. The highest BCUT2D eigenvalue weighted by molar-refractivity contribution is 5.28. The molecule has 0 spiro atoms. The van der Waals surface area contributed by atoms with Gasteiger partial charge < -0.3 is 5.73 Å². The van der Waals surface area contributed by atoms with Gasteiger partial charge in [-0.1, -0.05) is 0 Å². The average molecular weight is 223 g/mol. The minimum Gasteiger partial charge on any atom is -0.319 e. The maximum absolute atomic E-state index is 13.5. The molecule has 0 bridgehead atoms. The van der Waals surface area contributed by atoms with E-state index in [0.29, 0.717) is 5.69 Å². The Morgan fingerprint density at radius 3 is 2.69 bits per heavy atom. The van der Waals surface area contributed by atoms with Gasteiger partial charge in [0.05, 0.1) is 11.7 Å². The molecule has 0 aliphatic carbocycles. The molecule has 84 valence electrons. The van der Waals surface area contributed by atoms with Crippen LogP contribution in [-0.2, 0) is 7.05 Å². The lowest BCUT2D eigenvalue weighted by Gasteiger charge is -2.13. The van der Waals surface area contributed by atoms with Crippen molar-refractivity contribution in [3.63, 3.8) is 0 Å². The highest BCUT2D eigenvalue weighted by Crippen LogP contribution is 2.22. The van der Waals surface area contributed by atoms with Crippen LogP contribution in [0.1, 0.15) is 17.3 Å². The Kier molecular flexibility index (Phi) is 2.70. The van der Waals surface area contributed by atoms with Crippen LogP contribution >= 0.6 is 0 Å². The van der Waals surface area contributed by atoms with Gasteiger partial charge in [-0.05, 0) is 24.3 Å². The normalized spacial score (nSPS) is 12.8. The van der Waals surface area contributed by atoms with Gasteiger partial charge in [-0.15, -0.1) is 0 Å². The smallest absolute Gasteiger partial charge is 0.128 e. The molecule has 0 radical (unpaired) electrons. The fourth-order valence-corrected chi connectivity index (χ4v) is 1.60. The van der Waals surface area contributed by atoms with Crippen LogP contribution in [0.25, 0.3) is 0 Å². The van der Waals surface area contributed by atoms with E-state index >= 15 is 0 Å². The van der Waals surface area contributed by atoms with Crippen LogP contribution in [0.3, 0.4) is 0 Å². The summed E-state index contributed by atoms with van der Waals surface area (Å²) in [5.74, 6) is -1.02. The molecule has 0 saturated heterocycles. The Hall–Kier alpha value is -1.75. The molecule has 0 aliphatic rings. The zero-order chi connectivity index (χ0) is 11.7. The Bertz CT molecular complexity index is 508. The number of benzene rings is 1. The van der Waals surface area contributed by atoms with E-state index in [0.717, 1.165) is 18.2 Å². The quantitative estimate of drug-likeness (QED) is 0.842. The molecular formula is C11H11F2N3. The first-order valence-corrected chi connectivity index (χ1v) is 4.78. The largest absolute Gasteiger partial charge is 0.319 e. The number of aromatic nitrogens is 2. The van der Waals surface area contributed by atoms with Gasteiger partial charge in [-0.25, -0.2) is 8.78 Å². The van der Waals surface area contributed by atoms with Gasteiger partial charge in [0.15, 0.2) is 0 Å². The molecule has 0 aliphatic heterocycles. The van der Waals surface area contributed by atoms with Gasteiger partial charge in [-0.2, -0.15) is 5.10 Å². The zero-order valence-corrected chi connectivity index (χ0v) is 8.69. The molecule has 2 aromatic rings. The molecule has 2 N–H and O–H groups in total. The zero-order valence-electron chi connectivity index (χ0n) is 8.69. The Morgan fingerprint density at radius 2 is 2.06 bits per heavy atom. The Morgan fingerprint density at radius 1 is 1.31 bits per heavy atom. The second-order valence-corrected chi connectivity index (χ2v) is 3.52. The van der Waals surface area contributed by atoms with Crippen molar-refractivity contribution >= 4 is 0 Å². The van der Waals surface area contributed by atoms with E-state index in [1.807, 2.05) is 0 Å². The van der Waals surface area contributed by atoms with Crippen molar-refractivity contribution in [2.45, 2.75) is 6.04 Å². The number of hydrogen-bond acceptors (Lipinski definition) is 2. The van der Waals surface area contributed by atoms with Crippen LogP contribution in [-0.4, -0.2) is 9.78 Å². The molecule has 5 heteroatoms. The predicted molar refractivity (Wildman–Crippen MR) is 55.6 cm³/mol. The number of hydrogen-bond donors (Lipinski definition) is 1. The van der Waals surface area contributed by atoms with E-state index in [-0.39, 0.29) is 5.56 Å². The molecule has 1 heterocycles.